The Morgan fingerprint density at radius 3 is 2.18 bits per heavy atom. The normalized spacial score (nSPS) is 22.1. The van der Waals surface area contributed by atoms with Crippen molar-refractivity contribution >= 4 is 5.78 Å². The topological polar surface area (TPSA) is 17.1 Å². The number of hydrogen-bond donors (Lipinski definition) is 0. The molecule has 0 N–H and O–H groups in total. The summed E-state index contributed by atoms with van der Waals surface area (Å²) in [6.07, 6.45) is 13.4. The Hall–Kier alpha value is -1.11. The first-order chi connectivity index (χ1) is 10.2. The smallest absolute Gasteiger partial charge is 0.139 e. The number of ketones is 1. The van der Waals surface area contributed by atoms with Crippen molar-refractivity contribution in [3.05, 3.63) is 34.9 Å². The standard InChI is InChI=1S/C21H34O/c1-16(2)9-7-10-17(3)11-8-12-18(4)15-19-13-14-20(22)21(19,5)6/h9,11,15,19H,7-8,10,12-14H2,1-6H3/b17-11-,18-15+/t19-/m0/s1. The molecule has 0 spiro atoms. The number of Topliss-reactive ketones (excluding diaryl/α,β-unsaturated/α-hetero) is 1. The molecule has 1 heteroatoms. The molecule has 0 bridgehead atoms. The molecule has 0 aromatic heterocycles. The third-order valence-corrected chi connectivity index (χ3v) is 4.94. The predicted molar refractivity (Wildman–Crippen MR) is 96.9 cm³/mol. The molecule has 0 aromatic carbocycles. The van der Waals surface area contributed by atoms with Gasteiger partial charge >= 0.3 is 0 Å². The fourth-order valence-corrected chi connectivity index (χ4v) is 3.13. The molecule has 124 valence electrons. The zero-order chi connectivity index (χ0) is 16.8. The highest BCUT2D eigenvalue weighted by molar-refractivity contribution is 5.86. The van der Waals surface area contributed by atoms with E-state index in [9.17, 15) is 4.79 Å². The molecule has 0 saturated heterocycles. The van der Waals surface area contributed by atoms with Crippen LogP contribution in [0, 0.1) is 11.3 Å². The van der Waals surface area contributed by atoms with E-state index in [0.29, 0.717) is 11.7 Å². The molecule has 0 aliphatic heterocycles. The van der Waals surface area contributed by atoms with E-state index in [1.807, 2.05) is 0 Å². The first-order valence-electron chi connectivity index (χ1n) is 8.73. The minimum absolute atomic E-state index is 0.155. The van der Waals surface area contributed by atoms with Crippen molar-refractivity contribution in [1.82, 2.24) is 0 Å². The van der Waals surface area contributed by atoms with Crippen LogP contribution < -0.4 is 0 Å². The lowest BCUT2D eigenvalue weighted by Gasteiger charge is -2.23. The van der Waals surface area contributed by atoms with Gasteiger partial charge in [0.05, 0.1) is 0 Å². The summed E-state index contributed by atoms with van der Waals surface area (Å²) in [6.45, 7) is 13.0. The van der Waals surface area contributed by atoms with E-state index in [0.717, 1.165) is 38.5 Å². The van der Waals surface area contributed by atoms with Gasteiger partial charge in [-0.3, -0.25) is 4.79 Å². The molecule has 0 amide bonds. The summed E-state index contributed by atoms with van der Waals surface area (Å²) in [5.74, 6) is 0.860. The summed E-state index contributed by atoms with van der Waals surface area (Å²) in [5, 5.41) is 0. The van der Waals surface area contributed by atoms with Crippen LogP contribution in [0.4, 0.5) is 0 Å². The monoisotopic (exact) mass is 302 g/mol. The summed E-state index contributed by atoms with van der Waals surface area (Å²) in [7, 11) is 0. The largest absolute Gasteiger partial charge is 0.299 e. The van der Waals surface area contributed by atoms with Crippen molar-refractivity contribution in [1.29, 1.82) is 0 Å². The highest BCUT2D eigenvalue weighted by atomic mass is 16.1. The van der Waals surface area contributed by atoms with Crippen molar-refractivity contribution in [2.75, 3.05) is 0 Å². The van der Waals surface area contributed by atoms with Gasteiger partial charge in [0, 0.05) is 11.8 Å². The highest BCUT2D eigenvalue weighted by Crippen LogP contribution is 2.41. The first kappa shape index (κ1) is 18.9. The van der Waals surface area contributed by atoms with Crippen LogP contribution in [0.15, 0.2) is 34.9 Å². The Labute approximate surface area is 137 Å². The van der Waals surface area contributed by atoms with Gasteiger partial charge in [-0.15, -0.1) is 0 Å². The van der Waals surface area contributed by atoms with E-state index in [1.54, 1.807) is 0 Å². The molecule has 0 aromatic rings. The Morgan fingerprint density at radius 2 is 1.64 bits per heavy atom. The highest BCUT2D eigenvalue weighted by Gasteiger charge is 2.40. The van der Waals surface area contributed by atoms with Gasteiger partial charge in [-0.2, -0.15) is 0 Å². The van der Waals surface area contributed by atoms with Gasteiger partial charge in [-0.25, -0.2) is 0 Å². The summed E-state index contributed by atoms with van der Waals surface area (Å²) in [4.78, 5) is 11.9. The van der Waals surface area contributed by atoms with Crippen molar-refractivity contribution in [2.45, 2.75) is 80.1 Å². The first-order valence-corrected chi connectivity index (χ1v) is 8.73. The lowest BCUT2D eigenvalue weighted by atomic mass is 9.80. The third-order valence-electron chi connectivity index (χ3n) is 4.94. The Balaban J connectivity index is 2.42. The van der Waals surface area contributed by atoms with Gasteiger partial charge in [0.2, 0.25) is 0 Å². The molecule has 1 fully saturated rings. The van der Waals surface area contributed by atoms with E-state index >= 15 is 0 Å². The van der Waals surface area contributed by atoms with Crippen LogP contribution in [0.25, 0.3) is 0 Å². The molecule has 0 heterocycles. The van der Waals surface area contributed by atoms with Gasteiger partial charge in [0.25, 0.3) is 0 Å². The van der Waals surface area contributed by atoms with Crippen LogP contribution in [0.1, 0.15) is 80.1 Å². The second kappa shape index (κ2) is 8.50. The number of hydrogen-bond acceptors (Lipinski definition) is 1. The SMILES string of the molecule is CC(C)=CCC/C(C)=C\CC/C(C)=C/[C@@H]1CCC(=O)C1(C)C. The molecule has 0 unspecified atom stereocenters. The van der Waals surface area contributed by atoms with Crippen molar-refractivity contribution in [2.24, 2.45) is 11.3 Å². The number of carbonyl (C=O) groups is 1. The molecule has 1 saturated carbocycles. The fraction of sp³-hybridized carbons (Fsp3) is 0.667. The molecule has 1 aliphatic carbocycles. The van der Waals surface area contributed by atoms with E-state index in [4.69, 9.17) is 0 Å². The third kappa shape index (κ3) is 5.94. The summed E-state index contributed by atoms with van der Waals surface area (Å²) < 4.78 is 0. The van der Waals surface area contributed by atoms with Gasteiger partial charge in [0.15, 0.2) is 0 Å². The van der Waals surface area contributed by atoms with Crippen LogP contribution in [-0.4, -0.2) is 5.78 Å². The van der Waals surface area contributed by atoms with E-state index in [-0.39, 0.29) is 5.41 Å². The molecular weight excluding hydrogens is 268 g/mol. The molecule has 1 nitrogen and oxygen atoms in total. The predicted octanol–water partition coefficient (Wildman–Crippen LogP) is 6.41. The molecule has 1 aliphatic rings. The second-order valence-corrected chi connectivity index (χ2v) is 7.71. The van der Waals surface area contributed by atoms with E-state index in [2.05, 4.69) is 59.8 Å². The van der Waals surface area contributed by atoms with Crippen molar-refractivity contribution in [3.8, 4) is 0 Å². The van der Waals surface area contributed by atoms with Gasteiger partial charge in [0.1, 0.15) is 5.78 Å². The lowest BCUT2D eigenvalue weighted by Crippen LogP contribution is -2.23. The maximum atomic E-state index is 11.9. The van der Waals surface area contributed by atoms with Crippen LogP contribution in [0.3, 0.4) is 0 Å². The van der Waals surface area contributed by atoms with Crippen molar-refractivity contribution in [3.63, 3.8) is 0 Å². The van der Waals surface area contributed by atoms with Gasteiger partial charge < -0.3 is 0 Å². The molecule has 22 heavy (non-hydrogen) atoms. The quantitative estimate of drug-likeness (QED) is 0.496. The average molecular weight is 303 g/mol. The van der Waals surface area contributed by atoms with Gasteiger partial charge in [-0.1, -0.05) is 48.8 Å². The zero-order valence-corrected chi connectivity index (χ0v) is 15.5. The lowest BCUT2D eigenvalue weighted by molar-refractivity contribution is -0.124. The molecule has 1 atom stereocenters. The number of allylic oxidation sites excluding steroid dienone is 6. The maximum absolute atomic E-state index is 11.9. The van der Waals surface area contributed by atoms with E-state index < -0.39 is 0 Å². The Kier molecular flexibility index (Phi) is 7.32. The van der Waals surface area contributed by atoms with Crippen LogP contribution in [0.5, 0.6) is 0 Å². The van der Waals surface area contributed by atoms with Gasteiger partial charge in [-0.05, 0) is 65.7 Å². The van der Waals surface area contributed by atoms with Crippen LogP contribution in [0.2, 0.25) is 0 Å². The minimum atomic E-state index is -0.155. The second-order valence-electron chi connectivity index (χ2n) is 7.71. The summed E-state index contributed by atoms with van der Waals surface area (Å²) in [5.41, 5.74) is 4.17. The average Bonchev–Trinajstić information content (AvgIpc) is 2.65. The number of carbonyl (C=O) groups excluding carboxylic acids is 1. The Morgan fingerprint density at radius 1 is 1.05 bits per heavy atom. The minimum Gasteiger partial charge on any atom is -0.299 e. The molecular formula is C21H34O. The summed E-state index contributed by atoms with van der Waals surface area (Å²) >= 11 is 0. The number of rotatable bonds is 7. The maximum Gasteiger partial charge on any atom is 0.139 e. The van der Waals surface area contributed by atoms with Crippen LogP contribution >= 0.6 is 0 Å². The van der Waals surface area contributed by atoms with Crippen LogP contribution in [-0.2, 0) is 4.79 Å². The Bertz CT molecular complexity index is 470. The molecule has 0 radical (unpaired) electrons. The molecule has 1 rings (SSSR count). The summed E-state index contributed by atoms with van der Waals surface area (Å²) in [6, 6.07) is 0. The van der Waals surface area contributed by atoms with Crippen molar-refractivity contribution < 1.29 is 4.79 Å². The van der Waals surface area contributed by atoms with E-state index in [1.165, 1.54) is 16.7 Å². The zero-order valence-electron chi connectivity index (χ0n) is 15.5. The fourth-order valence-electron chi connectivity index (χ4n) is 3.13.